The third-order valence-electron chi connectivity index (χ3n) is 4.90. The van der Waals surface area contributed by atoms with Crippen LogP contribution in [0.15, 0.2) is 66.2 Å². The summed E-state index contributed by atoms with van der Waals surface area (Å²) in [6.07, 6.45) is -3.20. The fourth-order valence-electron chi connectivity index (χ4n) is 3.32. The van der Waals surface area contributed by atoms with E-state index in [-0.39, 0.29) is 23.7 Å². The molecule has 0 unspecified atom stereocenters. The van der Waals surface area contributed by atoms with Gasteiger partial charge >= 0.3 is 6.18 Å². The highest BCUT2D eigenvalue weighted by molar-refractivity contribution is 6.09. The molecule has 3 rings (SSSR count). The van der Waals surface area contributed by atoms with Gasteiger partial charge in [0.15, 0.2) is 0 Å². The van der Waals surface area contributed by atoms with Crippen LogP contribution in [-0.2, 0) is 17.6 Å². The van der Waals surface area contributed by atoms with E-state index in [1.54, 1.807) is 44.2 Å². The molecule has 3 aromatic rings. The lowest BCUT2D eigenvalue weighted by Crippen LogP contribution is -2.14. The second-order valence-electron chi connectivity index (χ2n) is 7.60. The molecule has 1 amide bonds. The maximum absolute atomic E-state index is 13.1. The molecular formula is C26H20F4N2O2. The van der Waals surface area contributed by atoms with E-state index in [1.807, 2.05) is 0 Å². The molecule has 8 heteroatoms. The third kappa shape index (κ3) is 6.23. The van der Waals surface area contributed by atoms with Crippen molar-refractivity contribution in [2.24, 2.45) is 0 Å². The van der Waals surface area contributed by atoms with Gasteiger partial charge in [0, 0.05) is 5.69 Å². The zero-order valence-corrected chi connectivity index (χ0v) is 18.3. The summed E-state index contributed by atoms with van der Waals surface area (Å²) in [5.74, 6) is -0.542. The number of alkyl halides is 3. The number of nitrogens with one attached hydrogen (secondary N) is 1. The largest absolute Gasteiger partial charge is 0.488 e. The van der Waals surface area contributed by atoms with Crippen LogP contribution in [0.1, 0.15) is 27.8 Å². The average molecular weight is 468 g/mol. The van der Waals surface area contributed by atoms with E-state index in [4.69, 9.17) is 4.74 Å². The highest BCUT2D eigenvalue weighted by atomic mass is 19.4. The fourth-order valence-corrected chi connectivity index (χ4v) is 3.32. The Labute approximate surface area is 194 Å². The van der Waals surface area contributed by atoms with Crippen molar-refractivity contribution >= 4 is 17.7 Å². The van der Waals surface area contributed by atoms with E-state index in [9.17, 15) is 27.6 Å². The number of carbonyl (C=O) groups is 1. The first-order chi connectivity index (χ1) is 16.1. The minimum Gasteiger partial charge on any atom is -0.488 e. The predicted molar refractivity (Wildman–Crippen MR) is 120 cm³/mol. The van der Waals surface area contributed by atoms with Crippen molar-refractivity contribution in [2.75, 3.05) is 5.32 Å². The molecule has 0 bridgehead atoms. The number of anilines is 1. The summed E-state index contributed by atoms with van der Waals surface area (Å²) >= 11 is 0. The Morgan fingerprint density at radius 1 is 1.06 bits per heavy atom. The van der Waals surface area contributed by atoms with Gasteiger partial charge in [0.05, 0.1) is 5.56 Å². The number of hydrogen-bond acceptors (Lipinski definition) is 3. The van der Waals surface area contributed by atoms with Gasteiger partial charge in [-0.05, 0) is 84.6 Å². The second-order valence-corrected chi connectivity index (χ2v) is 7.60. The Morgan fingerprint density at radius 2 is 1.71 bits per heavy atom. The smallest absolute Gasteiger partial charge is 0.416 e. The lowest BCUT2D eigenvalue weighted by atomic mass is 10.0. The summed E-state index contributed by atoms with van der Waals surface area (Å²) in [5, 5.41) is 11.8. The minimum absolute atomic E-state index is 0.0714. The Balaban J connectivity index is 1.77. The molecule has 0 fully saturated rings. The average Bonchev–Trinajstić information content (AvgIpc) is 2.77. The topological polar surface area (TPSA) is 62.1 Å². The number of hydrogen-bond donors (Lipinski definition) is 1. The molecule has 34 heavy (non-hydrogen) atoms. The van der Waals surface area contributed by atoms with Gasteiger partial charge in [-0.25, -0.2) is 4.39 Å². The highest BCUT2D eigenvalue weighted by Crippen LogP contribution is 2.31. The molecule has 0 saturated carbocycles. The van der Waals surface area contributed by atoms with Crippen LogP contribution in [0.3, 0.4) is 0 Å². The molecule has 0 aliphatic heterocycles. The number of nitrogens with zero attached hydrogens (tertiary/aromatic N) is 1. The third-order valence-corrected chi connectivity index (χ3v) is 4.90. The zero-order valence-electron chi connectivity index (χ0n) is 18.3. The van der Waals surface area contributed by atoms with Gasteiger partial charge in [-0.1, -0.05) is 18.2 Å². The molecule has 0 aromatic heterocycles. The molecule has 0 radical (unpaired) electrons. The molecule has 1 N–H and O–H groups in total. The van der Waals surface area contributed by atoms with Crippen molar-refractivity contribution in [3.63, 3.8) is 0 Å². The number of benzene rings is 3. The van der Waals surface area contributed by atoms with Crippen LogP contribution in [0.2, 0.25) is 0 Å². The number of ether oxygens (including phenoxy) is 1. The lowest BCUT2D eigenvalue weighted by molar-refractivity contribution is -0.137. The van der Waals surface area contributed by atoms with E-state index in [1.165, 1.54) is 30.3 Å². The number of carbonyl (C=O) groups excluding carboxylic acids is 1. The van der Waals surface area contributed by atoms with Crippen LogP contribution >= 0.6 is 0 Å². The van der Waals surface area contributed by atoms with E-state index in [0.29, 0.717) is 11.3 Å². The van der Waals surface area contributed by atoms with E-state index >= 15 is 0 Å². The molecule has 0 saturated heterocycles. The van der Waals surface area contributed by atoms with Crippen molar-refractivity contribution in [3.8, 4) is 11.8 Å². The molecule has 0 aliphatic carbocycles. The predicted octanol–water partition coefficient (Wildman–Crippen LogP) is 6.59. The second kappa shape index (κ2) is 10.2. The van der Waals surface area contributed by atoms with Crippen molar-refractivity contribution < 1.29 is 27.1 Å². The van der Waals surface area contributed by atoms with Gasteiger partial charge < -0.3 is 10.1 Å². The maximum atomic E-state index is 13.1. The molecule has 4 nitrogen and oxygen atoms in total. The van der Waals surface area contributed by atoms with Gasteiger partial charge in [0.2, 0.25) is 0 Å². The number of amides is 1. The Kier molecular flexibility index (Phi) is 7.37. The first kappa shape index (κ1) is 24.5. The number of halogens is 4. The van der Waals surface area contributed by atoms with E-state index < -0.39 is 17.6 Å². The van der Waals surface area contributed by atoms with Crippen LogP contribution in [0.25, 0.3) is 6.08 Å². The molecular weight excluding hydrogens is 448 g/mol. The molecule has 0 aliphatic rings. The van der Waals surface area contributed by atoms with Crippen molar-refractivity contribution in [1.29, 1.82) is 5.26 Å². The van der Waals surface area contributed by atoms with Gasteiger partial charge in [-0.2, -0.15) is 18.4 Å². The normalized spacial score (nSPS) is 11.6. The standard InChI is InChI=1S/C26H20F4N2O2/c1-16-10-19(11-17(2)24(16)34-15-18-6-8-22(27)9-7-18)12-20(14-31)25(33)32-23-5-3-4-21(13-23)26(28,29)30/h3-13H,15H2,1-2H3,(H,32,33)/b20-12+. The Hall–Kier alpha value is -4.12. The summed E-state index contributed by atoms with van der Waals surface area (Å²) < 4.78 is 57.6. The van der Waals surface area contributed by atoms with Crippen molar-refractivity contribution in [1.82, 2.24) is 0 Å². The van der Waals surface area contributed by atoms with Gasteiger partial charge in [0.25, 0.3) is 5.91 Å². The van der Waals surface area contributed by atoms with Crippen LogP contribution in [-0.4, -0.2) is 5.91 Å². The quantitative estimate of drug-likeness (QED) is 0.252. The SMILES string of the molecule is Cc1cc(/C=C(\C#N)C(=O)Nc2cccc(C(F)(F)F)c2)cc(C)c1OCc1ccc(F)cc1. The van der Waals surface area contributed by atoms with Gasteiger partial charge in [0.1, 0.15) is 29.8 Å². The monoisotopic (exact) mass is 468 g/mol. The Morgan fingerprint density at radius 3 is 2.29 bits per heavy atom. The fraction of sp³-hybridized carbons (Fsp3) is 0.154. The molecule has 0 heterocycles. The first-order valence-corrected chi connectivity index (χ1v) is 10.2. The van der Waals surface area contributed by atoms with Crippen LogP contribution < -0.4 is 10.1 Å². The molecule has 0 spiro atoms. The van der Waals surface area contributed by atoms with Crippen LogP contribution in [0, 0.1) is 31.0 Å². The van der Waals surface area contributed by atoms with Crippen LogP contribution in [0.4, 0.5) is 23.2 Å². The lowest BCUT2D eigenvalue weighted by Gasteiger charge is -2.14. The Bertz CT molecular complexity index is 1250. The summed E-state index contributed by atoms with van der Waals surface area (Å²) in [6.45, 7) is 3.85. The van der Waals surface area contributed by atoms with Gasteiger partial charge in [-0.15, -0.1) is 0 Å². The summed E-state index contributed by atoms with van der Waals surface area (Å²) in [5.41, 5.74) is 1.61. The number of nitriles is 1. The number of rotatable bonds is 6. The minimum atomic E-state index is -4.55. The number of aryl methyl sites for hydroxylation is 2. The summed E-state index contributed by atoms with van der Waals surface area (Å²) in [6, 6.07) is 15.3. The summed E-state index contributed by atoms with van der Waals surface area (Å²) in [4.78, 5) is 12.5. The van der Waals surface area contributed by atoms with E-state index in [0.717, 1.165) is 28.8 Å². The highest BCUT2D eigenvalue weighted by Gasteiger charge is 2.30. The summed E-state index contributed by atoms with van der Waals surface area (Å²) in [7, 11) is 0. The first-order valence-electron chi connectivity index (χ1n) is 10.2. The van der Waals surface area contributed by atoms with E-state index in [2.05, 4.69) is 5.32 Å². The zero-order chi connectivity index (χ0) is 24.9. The van der Waals surface area contributed by atoms with Crippen LogP contribution in [0.5, 0.6) is 5.75 Å². The maximum Gasteiger partial charge on any atom is 0.416 e. The van der Waals surface area contributed by atoms with Crippen molar-refractivity contribution in [3.05, 3.63) is 99.9 Å². The molecule has 0 atom stereocenters. The molecule has 174 valence electrons. The van der Waals surface area contributed by atoms with Gasteiger partial charge in [-0.3, -0.25) is 4.79 Å². The van der Waals surface area contributed by atoms with Crippen molar-refractivity contribution in [2.45, 2.75) is 26.6 Å². The molecule has 3 aromatic carbocycles.